The number of piperazine rings is 1. The van der Waals surface area contributed by atoms with Gasteiger partial charge in [0.25, 0.3) is 0 Å². The molecule has 0 aliphatic carbocycles. The van der Waals surface area contributed by atoms with Gasteiger partial charge >= 0.3 is 6.03 Å². The maximum Gasteiger partial charge on any atom is 0.318 e. The van der Waals surface area contributed by atoms with Gasteiger partial charge in [-0.2, -0.15) is 0 Å². The molecule has 8 nitrogen and oxygen atoms in total. The van der Waals surface area contributed by atoms with Gasteiger partial charge in [-0.15, -0.1) is 0 Å². The zero-order chi connectivity index (χ0) is 17.3. The van der Waals surface area contributed by atoms with Crippen LogP contribution < -0.4 is 5.32 Å². The maximum atomic E-state index is 12.6. The molecule has 8 heteroatoms. The van der Waals surface area contributed by atoms with Crippen LogP contribution in [0.1, 0.15) is 25.2 Å². The van der Waals surface area contributed by atoms with Crippen LogP contribution in [0.5, 0.6) is 0 Å². The molecule has 132 valence electrons. The van der Waals surface area contributed by atoms with E-state index in [4.69, 9.17) is 0 Å². The van der Waals surface area contributed by atoms with Gasteiger partial charge in [0.1, 0.15) is 11.9 Å². The molecule has 1 N–H and O–H groups in total. The molecule has 3 rings (SSSR count). The molecule has 2 saturated heterocycles. The van der Waals surface area contributed by atoms with Gasteiger partial charge in [-0.3, -0.25) is 9.69 Å². The number of likely N-dealkylation sites (tertiary alicyclic amines) is 1. The predicted molar refractivity (Wildman–Crippen MR) is 89.3 cm³/mol. The van der Waals surface area contributed by atoms with Gasteiger partial charge in [-0.25, -0.2) is 9.78 Å². The van der Waals surface area contributed by atoms with Gasteiger partial charge < -0.3 is 19.7 Å². The lowest BCUT2D eigenvalue weighted by Gasteiger charge is -2.40. The van der Waals surface area contributed by atoms with E-state index in [0.29, 0.717) is 26.1 Å². The largest absolute Gasteiger partial charge is 0.344 e. The highest BCUT2D eigenvalue weighted by Gasteiger charge is 2.35. The van der Waals surface area contributed by atoms with Crippen LogP contribution in [-0.4, -0.2) is 82.0 Å². The van der Waals surface area contributed by atoms with Crippen molar-refractivity contribution >= 4 is 11.9 Å². The summed E-state index contributed by atoms with van der Waals surface area (Å²) >= 11 is 0. The summed E-state index contributed by atoms with van der Waals surface area (Å²) in [5.74, 6) is 0.960. The van der Waals surface area contributed by atoms with Crippen molar-refractivity contribution in [3.05, 3.63) is 18.2 Å². The number of urea groups is 1. The van der Waals surface area contributed by atoms with Gasteiger partial charge in [-0.05, 0) is 13.0 Å². The third-order valence-electron chi connectivity index (χ3n) is 5.07. The predicted octanol–water partition coefficient (Wildman–Crippen LogP) is 0.0390. The van der Waals surface area contributed by atoms with Gasteiger partial charge in [-0.1, -0.05) is 6.92 Å². The van der Waals surface area contributed by atoms with E-state index in [0.717, 1.165) is 18.9 Å². The molecule has 3 heterocycles. The summed E-state index contributed by atoms with van der Waals surface area (Å²) in [5.41, 5.74) is 0. The third-order valence-corrected chi connectivity index (χ3v) is 5.07. The second-order valence-electron chi connectivity index (χ2n) is 6.54. The van der Waals surface area contributed by atoms with E-state index in [-0.39, 0.29) is 18.0 Å². The van der Waals surface area contributed by atoms with Crippen molar-refractivity contribution in [2.75, 3.05) is 39.8 Å². The molecular weight excluding hydrogens is 308 g/mol. The lowest BCUT2D eigenvalue weighted by Crippen LogP contribution is -2.55. The van der Waals surface area contributed by atoms with Crippen LogP contribution in [0.4, 0.5) is 4.79 Å². The van der Waals surface area contributed by atoms with E-state index in [2.05, 4.69) is 22.1 Å². The number of imidazole rings is 1. The molecule has 2 fully saturated rings. The topological polar surface area (TPSA) is 73.7 Å². The Labute approximate surface area is 142 Å². The van der Waals surface area contributed by atoms with Crippen molar-refractivity contribution in [3.63, 3.8) is 0 Å². The van der Waals surface area contributed by atoms with Crippen LogP contribution in [0.2, 0.25) is 0 Å². The summed E-state index contributed by atoms with van der Waals surface area (Å²) < 4.78 is 2.00. The van der Waals surface area contributed by atoms with Gasteiger partial charge in [0.05, 0.1) is 6.04 Å². The number of amides is 3. The van der Waals surface area contributed by atoms with Crippen LogP contribution in [0, 0.1) is 0 Å². The number of hydrogen-bond acceptors (Lipinski definition) is 4. The van der Waals surface area contributed by atoms with E-state index >= 15 is 0 Å². The summed E-state index contributed by atoms with van der Waals surface area (Å²) in [7, 11) is 3.74. The molecule has 0 bridgehead atoms. The molecule has 0 spiro atoms. The first-order chi connectivity index (χ1) is 11.5. The summed E-state index contributed by atoms with van der Waals surface area (Å²) in [5, 5.41) is 2.89. The molecule has 0 unspecified atom stereocenters. The zero-order valence-electron chi connectivity index (χ0n) is 14.6. The van der Waals surface area contributed by atoms with E-state index in [1.54, 1.807) is 23.0 Å². The maximum absolute atomic E-state index is 12.6. The van der Waals surface area contributed by atoms with Gasteiger partial charge in [0.15, 0.2) is 0 Å². The first-order valence-electron chi connectivity index (χ1n) is 8.53. The van der Waals surface area contributed by atoms with Crippen LogP contribution >= 0.6 is 0 Å². The molecular formula is C16H26N6O2. The number of aromatic nitrogens is 2. The minimum atomic E-state index is -0.390. The Kier molecular flexibility index (Phi) is 4.75. The lowest BCUT2D eigenvalue weighted by atomic mass is 10.1. The SMILES string of the molecule is CCN1CCN(C(=O)N[C@H]2CCN(C)C2=O)C[C@H]1c1nccn1C. The number of likely N-dealkylation sites (N-methyl/N-ethyl adjacent to an activating group) is 2. The van der Waals surface area contributed by atoms with Crippen molar-refractivity contribution in [1.29, 1.82) is 0 Å². The molecule has 3 amide bonds. The fourth-order valence-corrected chi connectivity index (χ4v) is 3.52. The van der Waals surface area contributed by atoms with E-state index in [1.165, 1.54) is 0 Å². The van der Waals surface area contributed by atoms with Crippen molar-refractivity contribution in [3.8, 4) is 0 Å². The number of hydrogen-bond donors (Lipinski definition) is 1. The Morgan fingerprint density at radius 1 is 1.33 bits per heavy atom. The highest BCUT2D eigenvalue weighted by molar-refractivity contribution is 5.88. The number of nitrogens with zero attached hydrogens (tertiary/aromatic N) is 5. The van der Waals surface area contributed by atoms with Crippen molar-refractivity contribution in [2.45, 2.75) is 25.4 Å². The Morgan fingerprint density at radius 3 is 2.71 bits per heavy atom. The quantitative estimate of drug-likeness (QED) is 0.847. The van der Waals surface area contributed by atoms with E-state index in [9.17, 15) is 9.59 Å². The zero-order valence-corrected chi connectivity index (χ0v) is 14.6. The second kappa shape index (κ2) is 6.80. The minimum absolute atomic E-state index is 0.00352. The van der Waals surface area contributed by atoms with Gasteiger partial charge in [0.2, 0.25) is 5.91 Å². The molecule has 1 aromatic rings. The molecule has 2 aliphatic heterocycles. The molecule has 0 radical (unpaired) electrons. The third kappa shape index (κ3) is 3.10. The number of nitrogens with one attached hydrogen (secondary N) is 1. The molecule has 0 aromatic carbocycles. The van der Waals surface area contributed by atoms with Crippen LogP contribution in [-0.2, 0) is 11.8 Å². The Balaban J connectivity index is 1.67. The van der Waals surface area contributed by atoms with Gasteiger partial charge in [0, 0.05) is 52.7 Å². The first-order valence-corrected chi connectivity index (χ1v) is 8.53. The Bertz CT molecular complexity index is 615. The lowest BCUT2D eigenvalue weighted by molar-refractivity contribution is -0.128. The summed E-state index contributed by atoms with van der Waals surface area (Å²) in [6, 6.07) is -0.464. The molecule has 2 aliphatic rings. The Morgan fingerprint density at radius 2 is 2.12 bits per heavy atom. The van der Waals surface area contributed by atoms with Crippen molar-refractivity contribution in [1.82, 2.24) is 29.6 Å². The number of rotatable bonds is 3. The van der Waals surface area contributed by atoms with E-state index < -0.39 is 6.04 Å². The average molecular weight is 334 g/mol. The number of aryl methyl sites for hydroxylation is 1. The average Bonchev–Trinajstić information content (AvgIpc) is 3.14. The summed E-state index contributed by atoms with van der Waals surface area (Å²) in [4.78, 5) is 34.8. The van der Waals surface area contributed by atoms with Crippen molar-refractivity contribution in [2.24, 2.45) is 7.05 Å². The van der Waals surface area contributed by atoms with Crippen LogP contribution in [0.25, 0.3) is 0 Å². The number of carbonyl (C=O) groups excluding carboxylic acids is 2. The standard InChI is InChI=1S/C16H26N6O2/c1-4-21-9-10-22(11-13(21)14-17-6-8-19(14)2)16(24)18-12-5-7-20(3)15(12)23/h6,8,12-13H,4-5,7,9-11H2,1-3H3,(H,18,24)/t12-,13-/m0/s1. The monoisotopic (exact) mass is 334 g/mol. The highest BCUT2D eigenvalue weighted by Crippen LogP contribution is 2.24. The Hall–Kier alpha value is -2.09. The molecule has 0 saturated carbocycles. The fourth-order valence-electron chi connectivity index (χ4n) is 3.52. The summed E-state index contributed by atoms with van der Waals surface area (Å²) in [6.07, 6.45) is 4.39. The van der Waals surface area contributed by atoms with Crippen LogP contribution in [0.15, 0.2) is 12.4 Å². The first kappa shape index (κ1) is 16.8. The highest BCUT2D eigenvalue weighted by atomic mass is 16.2. The molecule has 1 aromatic heterocycles. The normalized spacial score (nSPS) is 25.4. The fraction of sp³-hybridized carbons (Fsp3) is 0.688. The second-order valence-corrected chi connectivity index (χ2v) is 6.54. The smallest absolute Gasteiger partial charge is 0.318 e. The minimum Gasteiger partial charge on any atom is -0.344 e. The molecule has 24 heavy (non-hydrogen) atoms. The van der Waals surface area contributed by atoms with Crippen LogP contribution in [0.3, 0.4) is 0 Å². The molecule has 2 atom stereocenters. The summed E-state index contributed by atoms with van der Waals surface area (Å²) in [6.45, 7) is 5.79. The van der Waals surface area contributed by atoms with Crippen molar-refractivity contribution < 1.29 is 9.59 Å². The van der Waals surface area contributed by atoms with E-state index in [1.807, 2.05) is 17.8 Å². The number of carbonyl (C=O) groups is 2.